The Kier molecular flexibility index (Phi) is 7.31. The molecule has 1 aromatic heterocycles. The number of hydrogen-bond acceptors (Lipinski definition) is 6. The minimum Gasteiger partial charge on any atom is -0.467 e. The van der Waals surface area contributed by atoms with Crippen molar-refractivity contribution in [1.82, 2.24) is 5.32 Å². The zero-order valence-electron chi connectivity index (χ0n) is 15.9. The number of benzene rings is 1. The van der Waals surface area contributed by atoms with Gasteiger partial charge in [0.15, 0.2) is 6.61 Å². The average Bonchev–Trinajstić information content (AvgIpc) is 3.19. The van der Waals surface area contributed by atoms with Crippen LogP contribution >= 0.6 is 0 Å². The molecule has 1 N–H and O–H groups in total. The molecule has 28 heavy (non-hydrogen) atoms. The molecule has 0 saturated carbocycles. The van der Waals surface area contributed by atoms with Crippen molar-refractivity contribution in [1.29, 1.82) is 0 Å². The Labute approximate surface area is 161 Å². The first kappa shape index (κ1) is 21.1. The number of hydrogen-bond donors (Lipinski definition) is 1. The molecule has 0 bridgehead atoms. The lowest BCUT2D eigenvalue weighted by Crippen LogP contribution is -2.47. The summed E-state index contributed by atoms with van der Waals surface area (Å²) >= 11 is 0. The maximum absolute atomic E-state index is 13.8. The molecular formula is C20H22FNO6. The van der Waals surface area contributed by atoms with Crippen LogP contribution in [-0.2, 0) is 19.1 Å². The SMILES string of the molecule is CC[C@H](C)[C@H](NC(=O)COC(=O)c1ccc(-c2ccccc2F)o1)C(=O)OC. The van der Waals surface area contributed by atoms with E-state index < -0.39 is 36.3 Å². The van der Waals surface area contributed by atoms with E-state index in [4.69, 9.17) is 9.15 Å². The monoisotopic (exact) mass is 391 g/mol. The molecule has 0 unspecified atom stereocenters. The molecule has 2 atom stereocenters. The van der Waals surface area contributed by atoms with Gasteiger partial charge in [-0.25, -0.2) is 14.0 Å². The molecule has 1 amide bonds. The van der Waals surface area contributed by atoms with Crippen LogP contribution in [-0.4, -0.2) is 37.6 Å². The first-order chi connectivity index (χ1) is 13.4. The smallest absolute Gasteiger partial charge is 0.374 e. The molecule has 2 rings (SSSR count). The van der Waals surface area contributed by atoms with Crippen LogP contribution in [0.3, 0.4) is 0 Å². The summed E-state index contributed by atoms with van der Waals surface area (Å²) in [6.45, 7) is 3.07. The molecule has 0 fully saturated rings. The highest BCUT2D eigenvalue weighted by Crippen LogP contribution is 2.25. The molecule has 0 spiro atoms. The number of halogens is 1. The summed E-state index contributed by atoms with van der Waals surface area (Å²) in [5.74, 6) is -2.75. The van der Waals surface area contributed by atoms with Crippen molar-refractivity contribution in [3.63, 3.8) is 0 Å². The molecule has 0 aliphatic rings. The Balaban J connectivity index is 1.96. The lowest BCUT2D eigenvalue weighted by atomic mass is 9.99. The average molecular weight is 391 g/mol. The van der Waals surface area contributed by atoms with Crippen LogP contribution in [0.4, 0.5) is 4.39 Å². The maximum Gasteiger partial charge on any atom is 0.374 e. The van der Waals surface area contributed by atoms with Gasteiger partial charge in [-0.2, -0.15) is 0 Å². The van der Waals surface area contributed by atoms with Crippen LogP contribution in [0.25, 0.3) is 11.3 Å². The van der Waals surface area contributed by atoms with Crippen molar-refractivity contribution in [2.45, 2.75) is 26.3 Å². The van der Waals surface area contributed by atoms with E-state index in [1.54, 1.807) is 13.0 Å². The second-order valence-electron chi connectivity index (χ2n) is 6.17. The Morgan fingerprint density at radius 3 is 2.54 bits per heavy atom. The summed E-state index contributed by atoms with van der Waals surface area (Å²) < 4.78 is 28.7. The van der Waals surface area contributed by atoms with Crippen LogP contribution in [0, 0.1) is 11.7 Å². The Bertz CT molecular complexity index is 847. The highest BCUT2D eigenvalue weighted by molar-refractivity contribution is 5.90. The highest BCUT2D eigenvalue weighted by atomic mass is 19.1. The van der Waals surface area contributed by atoms with Gasteiger partial charge in [-0.3, -0.25) is 4.79 Å². The zero-order valence-corrected chi connectivity index (χ0v) is 15.9. The summed E-state index contributed by atoms with van der Waals surface area (Å²) in [6.07, 6.45) is 0.644. The standard InChI is InChI=1S/C20H22FNO6/c1-4-12(2)18(20(25)26-3)22-17(23)11-27-19(24)16-10-9-15(28-16)13-7-5-6-8-14(13)21/h5-10,12,18H,4,11H2,1-3H3,(H,22,23)/t12-,18-/m0/s1. The van der Waals surface area contributed by atoms with Crippen molar-refractivity contribution < 1.29 is 32.7 Å². The van der Waals surface area contributed by atoms with E-state index in [1.165, 1.54) is 37.4 Å². The number of carbonyl (C=O) groups excluding carboxylic acids is 3. The fraction of sp³-hybridized carbons (Fsp3) is 0.350. The maximum atomic E-state index is 13.8. The van der Waals surface area contributed by atoms with Crippen molar-refractivity contribution in [2.75, 3.05) is 13.7 Å². The van der Waals surface area contributed by atoms with Gasteiger partial charge in [0, 0.05) is 0 Å². The molecule has 8 heteroatoms. The van der Waals surface area contributed by atoms with E-state index in [2.05, 4.69) is 10.1 Å². The van der Waals surface area contributed by atoms with Crippen molar-refractivity contribution in [3.8, 4) is 11.3 Å². The third-order valence-electron chi connectivity index (χ3n) is 4.27. The number of furan rings is 1. The molecule has 1 aromatic carbocycles. The summed E-state index contributed by atoms with van der Waals surface area (Å²) in [6, 6.07) is 7.89. The van der Waals surface area contributed by atoms with Crippen LogP contribution < -0.4 is 5.32 Å². The molecule has 2 aromatic rings. The zero-order chi connectivity index (χ0) is 20.7. The molecule has 0 aliphatic carbocycles. The second kappa shape index (κ2) is 9.68. The van der Waals surface area contributed by atoms with Crippen molar-refractivity contribution in [2.24, 2.45) is 5.92 Å². The summed E-state index contributed by atoms with van der Waals surface area (Å²) in [4.78, 5) is 35.9. The van der Waals surface area contributed by atoms with Crippen LogP contribution in [0.15, 0.2) is 40.8 Å². The van der Waals surface area contributed by atoms with E-state index in [0.717, 1.165) is 0 Å². The number of carbonyl (C=O) groups is 3. The van der Waals surface area contributed by atoms with Crippen LogP contribution in [0.2, 0.25) is 0 Å². The molecule has 150 valence electrons. The second-order valence-corrected chi connectivity index (χ2v) is 6.17. The van der Waals surface area contributed by atoms with Crippen molar-refractivity contribution >= 4 is 17.8 Å². The first-order valence-electron chi connectivity index (χ1n) is 8.76. The Hall–Kier alpha value is -3.16. The fourth-order valence-corrected chi connectivity index (χ4v) is 2.47. The van der Waals surface area contributed by atoms with Gasteiger partial charge >= 0.3 is 11.9 Å². The third kappa shape index (κ3) is 5.18. The summed E-state index contributed by atoms with van der Waals surface area (Å²) in [5, 5.41) is 2.49. The van der Waals surface area contributed by atoms with E-state index in [0.29, 0.717) is 6.42 Å². The predicted molar refractivity (Wildman–Crippen MR) is 97.8 cm³/mol. The third-order valence-corrected chi connectivity index (χ3v) is 4.27. The van der Waals surface area contributed by atoms with E-state index >= 15 is 0 Å². The molecule has 7 nitrogen and oxygen atoms in total. The Morgan fingerprint density at radius 1 is 1.18 bits per heavy atom. The predicted octanol–water partition coefficient (Wildman–Crippen LogP) is 2.95. The lowest BCUT2D eigenvalue weighted by Gasteiger charge is -2.21. The minimum atomic E-state index is -0.879. The van der Waals surface area contributed by atoms with E-state index in [1.807, 2.05) is 6.92 Å². The Morgan fingerprint density at radius 2 is 1.89 bits per heavy atom. The van der Waals surface area contributed by atoms with Gasteiger partial charge in [-0.05, 0) is 30.2 Å². The largest absolute Gasteiger partial charge is 0.467 e. The van der Waals surface area contributed by atoms with Gasteiger partial charge in [0.25, 0.3) is 5.91 Å². The number of methoxy groups -OCH3 is 1. The highest BCUT2D eigenvalue weighted by Gasteiger charge is 2.27. The molecular weight excluding hydrogens is 369 g/mol. The summed E-state index contributed by atoms with van der Waals surface area (Å²) in [7, 11) is 1.23. The molecule has 0 aliphatic heterocycles. The van der Waals surface area contributed by atoms with Gasteiger partial charge in [-0.15, -0.1) is 0 Å². The number of rotatable bonds is 8. The van der Waals surface area contributed by atoms with Crippen LogP contribution in [0.1, 0.15) is 30.8 Å². The number of ether oxygens (including phenoxy) is 2. The van der Waals surface area contributed by atoms with Gasteiger partial charge in [0.1, 0.15) is 17.6 Å². The van der Waals surface area contributed by atoms with E-state index in [-0.39, 0.29) is 23.0 Å². The van der Waals surface area contributed by atoms with Crippen LogP contribution in [0.5, 0.6) is 0 Å². The van der Waals surface area contributed by atoms with Gasteiger partial charge in [0.2, 0.25) is 5.76 Å². The van der Waals surface area contributed by atoms with Gasteiger partial charge in [-0.1, -0.05) is 32.4 Å². The topological polar surface area (TPSA) is 94.8 Å². The molecule has 0 radical (unpaired) electrons. The van der Waals surface area contributed by atoms with Gasteiger partial charge in [0.05, 0.1) is 12.7 Å². The number of esters is 2. The normalized spacial score (nSPS) is 12.7. The fourth-order valence-electron chi connectivity index (χ4n) is 2.47. The number of nitrogens with one attached hydrogen (secondary N) is 1. The summed E-state index contributed by atoms with van der Waals surface area (Å²) in [5.41, 5.74) is 0.203. The minimum absolute atomic E-state index is 0.152. The lowest BCUT2D eigenvalue weighted by molar-refractivity contribution is -0.147. The van der Waals surface area contributed by atoms with E-state index in [9.17, 15) is 18.8 Å². The molecule has 0 saturated heterocycles. The first-order valence-corrected chi connectivity index (χ1v) is 8.76. The van der Waals surface area contributed by atoms with Crippen molar-refractivity contribution in [3.05, 3.63) is 48.0 Å². The number of amides is 1. The van der Waals surface area contributed by atoms with Gasteiger partial charge < -0.3 is 19.2 Å². The molecule has 1 heterocycles. The quantitative estimate of drug-likeness (QED) is 0.695.